The van der Waals surface area contributed by atoms with Crippen molar-refractivity contribution in [1.29, 1.82) is 0 Å². The molecule has 0 fully saturated rings. The third-order valence-electron chi connectivity index (χ3n) is 2.87. The van der Waals surface area contributed by atoms with E-state index in [1.54, 1.807) is 13.1 Å². The van der Waals surface area contributed by atoms with Crippen molar-refractivity contribution < 1.29 is 4.79 Å². The van der Waals surface area contributed by atoms with Gasteiger partial charge in [0.05, 0.1) is 11.3 Å². The van der Waals surface area contributed by atoms with Crippen molar-refractivity contribution in [2.45, 2.75) is 6.92 Å². The van der Waals surface area contributed by atoms with Gasteiger partial charge in [0.1, 0.15) is 0 Å². The van der Waals surface area contributed by atoms with Crippen LogP contribution in [-0.4, -0.2) is 13.0 Å². The average Bonchev–Trinajstić information content (AvgIpc) is 2.65. The van der Waals surface area contributed by atoms with Crippen LogP contribution in [0.25, 0.3) is 5.57 Å². The number of benzene rings is 1. The van der Waals surface area contributed by atoms with E-state index in [1.807, 2.05) is 25.1 Å². The molecular formula is C13H14BrN3O. The number of carbonyl (C=O) groups is 1. The quantitative estimate of drug-likeness (QED) is 0.734. The van der Waals surface area contributed by atoms with Gasteiger partial charge in [0.2, 0.25) is 0 Å². The van der Waals surface area contributed by atoms with Crippen LogP contribution in [0.3, 0.4) is 0 Å². The van der Waals surface area contributed by atoms with Gasteiger partial charge in [-0.1, -0.05) is 15.9 Å². The van der Waals surface area contributed by atoms with E-state index in [0.29, 0.717) is 11.3 Å². The molecule has 1 heterocycles. The van der Waals surface area contributed by atoms with Gasteiger partial charge in [-0.3, -0.25) is 4.79 Å². The van der Waals surface area contributed by atoms with Crippen molar-refractivity contribution >= 4 is 33.1 Å². The largest absolute Gasteiger partial charge is 0.397 e. The number of hydrogen-bond donors (Lipinski definition) is 3. The molecule has 18 heavy (non-hydrogen) atoms. The van der Waals surface area contributed by atoms with Gasteiger partial charge in [-0.05, 0) is 31.2 Å². The number of nitrogens with two attached hydrogens (primary N) is 1. The Balaban J connectivity index is 2.51. The fourth-order valence-corrected chi connectivity index (χ4v) is 2.07. The number of halogens is 1. The summed E-state index contributed by atoms with van der Waals surface area (Å²) in [6, 6.07) is 5.66. The van der Waals surface area contributed by atoms with Gasteiger partial charge in [-0.25, -0.2) is 0 Å². The highest BCUT2D eigenvalue weighted by atomic mass is 79.9. The van der Waals surface area contributed by atoms with Crippen LogP contribution in [0, 0.1) is 0 Å². The zero-order valence-corrected chi connectivity index (χ0v) is 11.8. The summed E-state index contributed by atoms with van der Waals surface area (Å²) < 4.78 is 0.927. The van der Waals surface area contributed by atoms with E-state index < -0.39 is 0 Å². The van der Waals surface area contributed by atoms with Crippen molar-refractivity contribution in [2.24, 2.45) is 5.73 Å². The summed E-state index contributed by atoms with van der Waals surface area (Å²) in [5, 5.41) is 5.77. The molecule has 0 saturated carbocycles. The zero-order valence-electron chi connectivity index (χ0n) is 10.2. The van der Waals surface area contributed by atoms with Crippen LogP contribution in [0.2, 0.25) is 0 Å². The molecule has 1 aromatic carbocycles. The molecule has 1 aliphatic rings. The Morgan fingerprint density at radius 2 is 2.22 bits per heavy atom. The van der Waals surface area contributed by atoms with Crippen LogP contribution >= 0.6 is 15.9 Å². The average molecular weight is 308 g/mol. The topological polar surface area (TPSA) is 67.1 Å². The van der Waals surface area contributed by atoms with Crippen LogP contribution in [0.1, 0.15) is 12.5 Å². The maximum absolute atomic E-state index is 11.9. The van der Waals surface area contributed by atoms with Gasteiger partial charge in [0.25, 0.3) is 5.91 Å². The zero-order chi connectivity index (χ0) is 13.3. The molecule has 94 valence electrons. The van der Waals surface area contributed by atoms with E-state index in [4.69, 9.17) is 5.73 Å². The van der Waals surface area contributed by atoms with E-state index in [2.05, 4.69) is 26.6 Å². The Labute approximate surface area is 114 Å². The normalized spacial score (nSPS) is 17.3. The standard InChI is InChI=1S/C13H14BrN3O/c1-7(16-2)11(15)6-10-9-5-8(14)3-4-12(9)17-13(10)18/h3-6,16H,15H2,1-2H3,(H,17,18)/b10-6-,11-7-. The van der Waals surface area contributed by atoms with Crippen molar-refractivity contribution in [1.82, 2.24) is 5.32 Å². The van der Waals surface area contributed by atoms with E-state index in [0.717, 1.165) is 21.4 Å². The molecule has 0 aromatic heterocycles. The summed E-state index contributed by atoms with van der Waals surface area (Å²) in [4.78, 5) is 11.9. The maximum Gasteiger partial charge on any atom is 0.256 e. The molecule has 5 heteroatoms. The molecule has 4 nitrogen and oxygen atoms in total. The van der Waals surface area contributed by atoms with Crippen LogP contribution < -0.4 is 16.4 Å². The second-order valence-electron chi connectivity index (χ2n) is 4.03. The molecule has 4 N–H and O–H groups in total. The second-order valence-corrected chi connectivity index (χ2v) is 4.95. The fourth-order valence-electron chi connectivity index (χ4n) is 1.71. The number of amides is 1. The lowest BCUT2D eigenvalue weighted by Gasteiger charge is -2.04. The van der Waals surface area contributed by atoms with Gasteiger partial charge in [0, 0.05) is 28.5 Å². The van der Waals surface area contributed by atoms with Crippen LogP contribution in [0.4, 0.5) is 5.69 Å². The number of anilines is 1. The van der Waals surface area contributed by atoms with Crippen LogP contribution in [0.5, 0.6) is 0 Å². The molecular weight excluding hydrogens is 294 g/mol. The molecule has 0 bridgehead atoms. The van der Waals surface area contributed by atoms with E-state index in [1.165, 1.54) is 0 Å². The third-order valence-corrected chi connectivity index (χ3v) is 3.37. The Kier molecular flexibility index (Phi) is 3.43. The van der Waals surface area contributed by atoms with E-state index in [9.17, 15) is 4.79 Å². The number of carbonyl (C=O) groups excluding carboxylic acids is 1. The van der Waals surface area contributed by atoms with Crippen LogP contribution in [0.15, 0.2) is 40.1 Å². The summed E-state index contributed by atoms with van der Waals surface area (Å²) >= 11 is 3.40. The minimum atomic E-state index is -0.130. The first-order valence-corrected chi connectivity index (χ1v) is 6.29. The highest BCUT2D eigenvalue weighted by molar-refractivity contribution is 9.10. The molecule has 0 saturated heterocycles. The third kappa shape index (κ3) is 2.26. The van der Waals surface area contributed by atoms with Crippen molar-refractivity contribution in [2.75, 3.05) is 12.4 Å². The SMILES string of the molecule is CN/C(C)=C(N)/C=C1\C(=O)Nc2ccc(Br)cc21. The first-order valence-electron chi connectivity index (χ1n) is 5.50. The second kappa shape index (κ2) is 4.86. The number of fused-ring (bicyclic) bond motifs is 1. The van der Waals surface area contributed by atoms with Gasteiger partial charge >= 0.3 is 0 Å². The molecule has 0 atom stereocenters. The molecule has 0 unspecified atom stereocenters. The summed E-state index contributed by atoms with van der Waals surface area (Å²) in [7, 11) is 1.79. The van der Waals surface area contributed by atoms with Gasteiger partial charge in [-0.15, -0.1) is 0 Å². The molecule has 2 rings (SSSR count). The molecule has 1 aliphatic heterocycles. The lowest BCUT2D eigenvalue weighted by atomic mass is 10.1. The Morgan fingerprint density at radius 3 is 2.89 bits per heavy atom. The smallest absolute Gasteiger partial charge is 0.256 e. The van der Waals surface area contributed by atoms with Crippen molar-refractivity contribution in [3.63, 3.8) is 0 Å². The maximum atomic E-state index is 11.9. The van der Waals surface area contributed by atoms with Crippen molar-refractivity contribution in [3.8, 4) is 0 Å². The fraction of sp³-hybridized carbons (Fsp3) is 0.154. The van der Waals surface area contributed by atoms with Gasteiger partial charge in [-0.2, -0.15) is 0 Å². The van der Waals surface area contributed by atoms with E-state index in [-0.39, 0.29) is 5.91 Å². The Hall–Kier alpha value is -1.75. The Bertz CT molecular complexity index is 576. The summed E-state index contributed by atoms with van der Waals surface area (Å²) in [6.45, 7) is 1.86. The number of rotatable bonds is 2. The molecule has 1 amide bonds. The molecule has 1 aromatic rings. The first-order chi connectivity index (χ1) is 8.52. The van der Waals surface area contributed by atoms with Crippen molar-refractivity contribution in [3.05, 3.63) is 45.7 Å². The first kappa shape index (κ1) is 12.7. The molecule has 0 spiro atoms. The predicted molar refractivity (Wildman–Crippen MR) is 76.7 cm³/mol. The molecule has 0 radical (unpaired) electrons. The van der Waals surface area contributed by atoms with Gasteiger partial charge in [0.15, 0.2) is 0 Å². The minimum absolute atomic E-state index is 0.130. The highest BCUT2D eigenvalue weighted by Gasteiger charge is 2.24. The highest BCUT2D eigenvalue weighted by Crippen LogP contribution is 2.34. The lowest BCUT2D eigenvalue weighted by Crippen LogP contribution is -2.11. The van der Waals surface area contributed by atoms with Crippen LogP contribution in [-0.2, 0) is 4.79 Å². The van der Waals surface area contributed by atoms with E-state index >= 15 is 0 Å². The monoisotopic (exact) mass is 307 g/mol. The Morgan fingerprint density at radius 1 is 1.50 bits per heavy atom. The lowest BCUT2D eigenvalue weighted by molar-refractivity contribution is -0.110. The number of allylic oxidation sites excluding steroid dienone is 2. The van der Waals surface area contributed by atoms with Gasteiger partial charge < -0.3 is 16.4 Å². The minimum Gasteiger partial charge on any atom is -0.397 e. The number of nitrogens with one attached hydrogen (secondary N) is 2. The predicted octanol–water partition coefficient (Wildman–Crippen LogP) is 2.19. The summed E-state index contributed by atoms with van der Waals surface area (Å²) in [6.07, 6.45) is 1.69. The summed E-state index contributed by atoms with van der Waals surface area (Å²) in [5.41, 5.74) is 9.55. The molecule has 0 aliphatic carbocycles. The summed E-state index contributed by atoms with van der Waals surface area (Å²) in [5.74, 6) is -0.130. The number of hydrogen-bond acceptors (Lipinski definition) is 3.